The smallest absolute Gasteiger partial charge is 0.148 e. The van der Waals surface area contributed by atoms with Gasteiger partial charge >= 0.3 is 0 Å². The van der Waals surface area contributed by atoms with Gasteiger partial charge in [-0.1, -0.05) is 13.3 Å². The van der Waals surface area contributed by atoms with Gasteiger partial charge in [-0.2, -0.15) is 5.10 Å². The zero-order valence-electron chi connectivity index (χ0n) is 9.42. The van der Waals surface area contributed by atoms with Gasteiger partial charge in [-0.15, -0.1) is 0 Å². The highest BCUT2D eigenvalue weighted by molar-refractivity contribution is 5.44. The summed E-state index contributed by atoms with van der Waals surface area (Å²) in [5.74, 6) is 1.24. The summed E-state index contributed by atoms with van der Waals surface area (Å²) in [5.41, 5.74) is 8.30. The summed E-state index contributed by atoms with van der Waals surface area (Å²) in [6.07, 6.45) is 4.74. The SMILES string of the molecule is CCCc1c(N)n[nH]c1C1CC(OC)C1. The van der Waals surface area contributed by atoms with Gasteiger partial charge < -0.3 is 10.5 Å². The minimum absolute atomic E-state index is 0.425. The first-order valence-electron chi connectivity index (χ1n) is 5.61. The van der Waals surface area contributed by atoms with Gasteiger partial charge in [0.15, 0.2) is 0 Å². The van der Waals surface area contributed by atoms with Gasteiger partial charge in [-0.3, -0.25) is 5.10 Å². The van der Waals surface area contributed by atoms with Crippen molar-refractivity contribution in [1.82, 2.24) is 10.2 Å². The number of nitrogens with two attached hydrogens (primary N) is 1. The third kappa shape index (κ3) is 1.86. The molecule has 1 fully saturated rings. The predicted octanol–water partition coefficient (Wildman–Crippen LogP) is 1.84. The lowest BCUT2D eigenvalue weighted by atomic mass is 9.78. The van der Waals surface area contributed by atoms with Gasteiger partial charge in [-0.25, -0.2) is 0 Å². The number of ether oxygens (including phenoxy) is 1. The van der Waals surface area contributed by atoms with Crippen molar-refractivity contribution in [2.45, 2.75) is 44.6 Å². The standard InChI is InChI=1S/C11H19N3O/c1-3-4-9-10(13-14-11(9)12)7-5-8(6-7)15-2/h7-8H,3-6H2,1-2H3,(H3,12,13,14). The molecule has 0 atom stereocenters. The van der Waals surface area contributed by atoms with Crippen LogP contribution in [0.1, 0.15) is 43.4 Å². The molecule has 1 heterocycles. The summed E-state index contributed by atoms with van der Waals surface area (Å²) < 4.78 is 5.28. The molecule has 0 saturated heterocycles. The molecule has 0 unspecified atom stereocenters. The third-order valence-electron chi connectivity index (χ3n) is 3.27. The lowest BCUT2D eigenvalue weighted by Crippen LogP contribution is -2.29. The number of aromatic nitrogens is 2. The summed E-state index contributed by atoms with van der Waals surface area (Å²) in [4.78, 5) is 0. The van der Waals surface area contributed by atoms with E-state index in [-0.39, 0.29) is 0 Å². The second-order valence-electron chi connectivity index (χ2n) is 4.28. The highest BCUT2D eigenvalue weighted by Crippen LogP contribution is 2.40. The Hall–Kier alpha value is -1.03. The quantitative estimate of drug-likeness (QED) is 0.795. The van der Waals surface area contributed by atoms with Gasteiger partial charge in [0.05, 0.1) is 6.10 Å². The molecule has 15 heavy (non-hydrogen) atoms. The second-order valence-corrected chi connectivity index (χ2v) is 4.28. The molecule has 0 aromatic carbocycles. The maximum Gasteiger partial charge on any atom is 0.148 e. The van der Waals surface area contributed by atoms with E-state index in [1.807, 2.05) is 0 Å². The van der Waals surface area contributed by atoms with E-state index in [1.54, 1.807) is 7.11 Å². The van der Waals surface area contributed by atoms with Crippen LogP contribution < -0.4 is 5.73 Å². The molecular weight excluding hydrogens is 190 g/mol. The van der Waals surface area contributed by atoms with Crippen LogP contribution in [0.4, 0.5) is 5.82 Å². The summed E-state index contributed by atoms with van der Waals surface area (Å²) >= 11 is 0. The summed E-state index contributed by atoms with van der Waals surface area (Å²) in [6.45, 7) is 2.16. The van der Waals surface area contributed by atoms with E-state index in [0.717, 1.165) is 25.7 Å². The zero-order valence-corrected chi connectivity index (χ0v) is 9.42. The van der Waals surface area contributed by atoms with Crippen LogP contribution in [0.2, 0.25) is 0 Å². The number of H-pyrrole nitrogens is 1. The highest BCUT2D eigenvalue weighted by atomic mass is 16.5. The van der Waals surface area contributed by atoms with Gasteiger partial charge in [0, 0.05) is 24.3 Å². The lowest BCUT2D eigenvalue weighted by molar-refractivity contribution is 0.0245. The fourth-order valence-electron chi connectivity index (χ4n) is 2.24. The fraction of sp³-hybridized carbons (Fsp3) is 0.727. The van der Waals surface area contributed by atoms with Crippen molar-refractivity contribution in [3.63, 3.8) is 0 Å². The van der Waals surface area contributed by atoms with Crippen LogP contribution >= 0.6 is 0 Å². The number of methoxy groups -OCH3 is 1. The van der Waals surface area contributed by atoms with Crippen molar-refractivity contribution < 1.29 is 4.74 Å². The van der Waals surface area contributed by atoms with Gasteiger partial charge in [0.1, 0.15) is 5.82 Å². The number of anilines is 1. The van der Waals surface area contributed by atoms with Crippen LogP contribution in [0.15, 0.2) is 0 Å². The zero-order chi connectivity index (χ0) is 10.8. The summed E-state index contributed by atoms with van der Waals surface area (Å²) in [5, 5.41) is 7.18. The molecule has 4 heteroatoms. The molecule has 84 valence electrons. The van der Waals surface area contributed by atoms with Crippen LogP contribution in [-0.4, -0.2) is 23.4 Å². The maximum atomic E-state index is 5.84. The Morgan fingerprint density at radius 3 is 2.87 bits per heavy atom. The molecule has 0 spiro atoms. The van der Waals surface area contributed by atoms with Crippen molar-refractivity contribution >= 4 is 5.82 Å². The summed E-state index contributed by atoms with van der Waals surface area (Å²) in [7, 11) is 1.77. The van der Waals surface area contributed by atoms with Crippen molar-refractivity contribution in [3.8, 4) is 0 Å². The predicted molar refractivity (Wildman–Crippen MR) is 59.8 cm³/mol. The van der Waals surface area contributed by atoms with Crippen molar-refractivity contribution in [2.24, 2.45) is 0 Å². The summed E-state index contributed by atoms with van der Waals surface area (Å²) in [6, 6.07) is 0. The number of nitrogens with one attached hydrogen (secondary N) is 1. The third-order valence-corrected chi connectivity index (χ3v) is 3.27. The maximum absolute atomic E-state index is 5.84. The molecule has 0 bridgehead atoms. The Bertz CT molecular complexity index is 329. The van der Waals surface area contributed by atoms with Crippen LogP contribution in [0.5, 0.6) is 0 Å². The molecule has 1 saturated carbocycles. The second kappa shape index (κ2) is 4.23. The average molecular weight is 209 g/mol. The monoisotopic (exact) mass is 209 g/mol. The molecule has 0 amide bonds. The normalized spacial score (nSPS) is 25.2. The van der Waals surface area contributed by atoms with Crippen LogP contribution in [0.3, 0.4) is 0 Å². The highest BCUT2D eigenvalue weighted by Gasteiger charge is 2.33. The van der Waals surface area contributed by atoms with Crippen molar-refractivity contribution in [3.05, 3.63) is 11.3 Å². The Morgan fingerprint density at radius 1 is 1.53 bits per heavy atom. The molecule has 0 aliphatic heterocycles. The van der Waals surface area contributed by atoms with Crippen molar-refractivity contribution in [1.29, 1.82) is 0 Å². The molecule has 1 aromatic heterocycles. The molecule has 2 rings (SSSR count). The van der Waals surface area contributed by atoms with E-state index < -0.39 is 0 Å². The minimum Gasteiger partial charge on any atom is -0.382 e. The first-order valence-corrected chi connectivity index (χ1v) is 5.61. The molecule has 1 aromatic rings. The number of nitrogen functional groups attached to an aromatic ring is 1. The Morgan fingerprint density at radius 2 is 2.27 bits per heavy atom. The van der Waals surface area contributed by atoms with E-state index in [2.05, 4.69) is 17.1 Å². The van der Waals surface area contributed by atoms with Crippen LogP contribution in [-0.2, 0) is 11.2 Å². The van der Waals surface area contributed by atoms with E-state index in [0.29, 0.717) is 17.8 Å². The number of nitrogens with zero attached hydrogens (tertiary/aromatic N) is 1. The van der Waals surface area contributed by atoms with E-state index in [1.165, 1.54) is 11.3 Å². The first-order chi connectivity index (χ1) is 7.26. The van der Waals surface area contributed by atoms with Gasteiger partial charge in [0.25, 0.3) is 0 Å². The van der Waals surface area contributed by atoms with E-state index in [4.69, 9.17) is 10.5 Å². The topological polar surface area (TPSA) is 63.9 Å². The van der Waals surface area contributed by atoms with E-state index in [9.17, 15) is 0 Å². The minimum atomic E-state index is 0.425. The first kappa shape index (κ1) is 10.5. The molecule has 4 nitrogen and oxygen atoms in total. The molecule has 3 N–H and O–H groups in total. The molecule has 1 aliphatic carbocycles. The number of aromatic amines is 1. The molecular formula is C11H19N3O. The molecule has 0 radical (unpaired) electrons. The number of hydrogen-bond donors (Lipinski definition) is 2. The largest absolute Gasteiger partial charge is 0.382 e. The Kier molecular flexibility index (Phi) is 2.95. The van der Waals surface area contributed by atoms with Gasteiger partial charge in [-0.05, 0) is 19.3 Å². The molecule has 1 aliphatic rings. The Labute approximate surface area is 90.2 Å². The van der Waals surface area contributed by atoms with Crippen LogP contribution in [0, 0.1) is 0 Å². The van der Waals surface area contributed by atoms with E-state index >= 15 is 0 Å². The number of rotatable bonds is 4. The number of hydrogen-bond acceptors (Lipinski definition) is 3. The van der Waals surface area contributed by atoms with Crippen LogP contribution in [0.25, 0.3) is 0 Å². The average Bonchev–Trinajstić information content (AvgIpc) is 2.49. The fourth-order valence-corrected chi connectivity index (χ4v) is 2.24. The van der Waals surface area contributed by atoms with Crippen molar-refractivity contribution in [2.75, 3.05) is 12.8 Å². The Balaban J connectivity index is 2.08. The lowest BCUT2D eigenvalue weighted by Gasteiger charge is -2.33. The van der Waals surface area contributed by atoms with Gasteiger partial charge in [0.2, 0.25) is 0 Å².